The van der Waals surface area contributed by atoms with Gasteiger partial charge >= 0.3 is 0 Å². The van der Waals surface area contributed by atoms with Gasteiger partial charge in [-0.05, 0) is 49.0 Å². The molecule has 0 saturated heterocycles. The van der Waals surface area contributed by atoms with Crippen molar-refractivity contribution in [1.29, 1.82) is 0 Å². The molecule has 0 heterocycles. The summed E-state index contributed by atoms with van der Waals surface area (Å²) < 4.78 is 11.4. The van der Waals surface area contributed by atoms with Crippen molar-refractivity contribution in [2.75, 3.05) is 19.8 Å². The van der Waals surface area contributed by atoms with Gasteiger partial charge in [-0.1, -0.05) is 35.9 Å². The van der Waals surface area contributed by atoms with Crippen LogP contribution < -0.4 is 20.2 Å². The van der Waals surface area contributed by atoms with E-state index in [1.165, 1.54) is 5.56 Å². The Morgan fingerprint density at radius 1 is 1.12 bits per heavy atom. The fourth-order valence-corrected chi connectivity index (χ4v) is 2.14. The molecule has 2 N–H and O–H groups in total. The first-order valence-electron chi connectivity index (χ1n) is 8.27. The summed E-state index contributed by atoms with van der Waals surface area (Å²) in [5, 5.41) is 7.46. The Morgan fingerprint density at radius 2 is 1.85 bits per heavy atom. The zero-order valence-electron chi connectivity index (χ0n) is 14.8. The maximum atomic E-state index is 5.72. The molecule has 0 fully saturated rings. The average molecular weight is 369 g/mol. The molecule has 0 atom stereocenters. The predicted molar refractivity (Wildman–Crippen MR) is 110 cm³/mol. The summed E-state index contributed by atoms with van der Waals surface area (Å²) in [4.78, 5) is 0. The Balaban J connectivity index is 1.74. The fraction of sp³-hybridized carbons (Fsp3) is 0.200. The summed E-state index contributed by atoms with van der Waals surface area (Å²) in [5.41, 5.74) is 4.85. The highest BCUT2D eigenvalue weighted by atomic mass is 32.1. The van der Waals surface area contributed by atoms with Gasteiger partial charge in [0.1, 0.15) is 24.7 Å². The fourth-order valence-electron chi connectivity index (χ4n) is 2.01. The quantitative estimate of drug-likeness (QED) is 0.233. The molecule has 0 radical (unpaired) electrons. The second kappa shape index (κ2) is 10.9. The lowest BCUT2D eigenvalue weighted by atomic mass is 10.2. The summed E-state index contributed by atoms with van der Waals surface area (Å²) in [6, 6.07) is 15.6. The van der Waals surface area contributed by atoms with Crippen molar-refractivity contribution in [3.05, 3.63) is 72.3 Å². The van der Waals surface area contributed by atoms with Crippen molar-refractivity contribution in [3.8, 4) is 11.5 Å². The van der Waals surface area contributed by atoms with Gasteiger partial charge in [-0.3, -0.25) is 5.43 Å². The van der Waals surface area contributed by atoms with Gasteiger partial charge in [0.05, 0.1) is 6.21 Å². The van der Waals surface area contributed by atoms with Gasteiger partial charge in [0, 0.05) is 6.54 Å². The Hall–Kier alpha value is -2.86. The van der Waals surface area contributed by atoms with E-state index in [4.69, 9.17) is 21.7 Å². The van der Waals surface area contributed by atoms with Crippen LogP contribution in [0, 0.1) is 6.92 Å². The SMILES string of the molecule is C=CCNC(=S)NN=Cc1cccc(OCCOc2ccc(C)cc2)c1. The third kappa shape index (κ3) is 7.36. The van der Waals surface area contributed by atoms with E-state index in [2.05, 4.69) is 22.4 Å². The Kier molecular flexibility index (Phi) is 8.15. The molecule has 6 heteroatoms. The van der Waals surface area contributed by atoms with Gasteiger partial charge in [0.25, 0.3) is 0 Å². The third-order valence-corrected chi connectivity index (χ3v) is 3.52. The van der Waals surface area contributed by atoms with Gasteiger partial charge in [-0.15, -0.1) is 6.58 Å². The standard InChI is InChI=1S/C20H23N3O2S/c1-3-11-21-20(26)23-22-15-17-5-4-6-19(14-17)25-13-12-24-18-9-7-16(2)8-10-18/h3-10,14-15H,1,11-13H2,2H3,(H2,21,23,26). The summed E-state index contributed by atoms with van der Waals surface area (Å²) in [6.07, 6.45) is 3.40. The summed E-state index contributed by atoms with van der Waals surface area (Å²) in [7, 11) is 0. The predicted octanol–water partition coefficient (Wildman–Crippen LogP) is 3.44. The van der Waals surface area contributed by atoms with Crippen LogP contribution in [0.25, 0.3) is 0 Å². The van der Waals surface area contributed by atoms with Crippen molar-refractivity contribution in [3.63, 3.8) is 0 Å². The van der Waals surface area contributed by atoms with E-state index < -0.39 is 0 Å². The number of rotatable bonds is 9. The second-order valence-corrected chi connectivity index (χ2v) is 5.86. The molecule has 0 bridgehead atoms. The molecule has 0 aliphatic carbocycles. The molecule has 2 aromatic rings. The topological polar surface area (TPSA) is 54.9 Å². The van der Waals surface area contributed by atoms with E-state index in [-0.39, 0.29) is 0 Å². The Bertz CT molecular complexity index is 745. The molecule has 5 nitrogen and oxygen atoms in total. The van der Waals surface area contributed by atoms with Gasteiger partial charge in [0.15, 0.2) is 5.11 Å². The van der Waals surface area contributed by atoms with Crippen LogP contribution in [0.3, 0.4) is 0 Å². The Morgan fingerprint density at radius 3 is 2.58 bits per heavy atom. The highest BCUT2D eigenvalue weighted by Gasteiger charge is 1.97. The molecule has 0 spiro atoms. The van der Waals surface area contributed by atoms with Crippen molar-refractivity contribution in [2.45, 2.75) is 6.92 Å². The number of nitrogens with zero attached hydrogens (tertiary/aromatic N) is 1. The second-order valence-electron chi connectivity index (χ2n) is 5.45. The number of benzene rings is 2. The highest BCUT2D eigenvalue weighted by molar-refractivity contribution is 7.80. The van der Waals surface area contributed by atoms with E-state index in [9.17, 15) is 0 Å². The molecule has 0 aliphatic rings. The van der Waals surface area contributed by atoms with Crippen LogP contribution >= 0.6 is 12.2 Å². The lowest BCUT2D eigenvalue weighted by Gasteiger charge is -2.09. The van der Waals surface area contributed by atoms with Crippen LogP contribution in [0.4, 0.5) is 0 Å². The summed E-state index contributed by atoms with van der Waals surface area (Å²) in [6.45, 7) is 7.19. The van der Waals surface area contributed by atoms with Crippen LogP contribution in [0.1, 0.15) is 11.1 Å². The number of ether oxygens (including phenoxy) is 2. The van der Waals surface area contributed by atoms with Gasteiger partial charge in [-0.2, -0.15) is 5.10 Å². The van der Waals surface area contributed by atoms with Crippen molar-refractivity contribution in [2.24, 2.45) is 5.10 Å². The van der Waals surface area contributed by atoms with Crippen molar-refractivity contribution in [1.82, 2.24) is 10.7 Å². The van der Waals surface area contributed by atoms with E-state index in [0.717, 1.165) is 17.1 Å². The zero-order valence-corrected chi connectivity index (χ0v) is 15.6. The van der Waals surface area contributed by atoms with Crippen LogP contribution in [0.5, 0.6) is 11.5 Å². The number of hydrogen-bond donors (Lipinski definition) is 2. The average Bonchev–Trinajstić information content (AvgIpc) is 2.65. The minimum atomic E-state index is 0.446. The first-order valence-corrected chi connectivity index (χ1v) is 8.68. The van der Waals surface area contributed by atoms with Gasteiger partial charge < -0.3 is 14.8 Å². The molecule has 136 valence electrons. The molecular formula is C20H23N3O2S. The largest absolute Gasteiger partial charge is 0.490 e. The lowest BCUT2D eigenvalue weighted by Crippen LogP contribution is -2.31. The molecule has 2 rings (SSSR count). The van der Waals surface area contributed by atoms with Crippen LogP contribution in [0.15, 0.2) is 66.3 Å². The number of nitrogens with one attached hydrogen (secondary N) is 2. The zero-order chi connectivity index (χ0) is 18.6. The van der Waals surface area contributed by atoms with E-state index >= 15 is 0 Å². The third-order valence-electron chi connectivity index (χ3n) is 3.29. The maximum absolute atomic E-state index is 5.72. The number of hydrogen-bond acceptors (Lipinski definition) is 4. The maximum Gasteiger partial charge on any atom is 0.187 e. The molecule has 0 unspecified atom stereocenters. The smallest absolute Gasteiger partial charge is 0.187 e. The molecule has 0 aliphatic heterocycles. The minimum Gasteiger partial charge on any atom is -0.490 e. The normalized spacial score (nSPS) is 10.3. The van der Waals surface area contributed by atoms with Gasteiger partial charge in [-0.25, -0.2) is 0 Å². The number of aryl methyl sites for hydroxylation is 1. The Labute approximate surface area is 159 Å². The molecule has 2 aromatic carbocycles. The van der Waals surface area contributed by atoms with E-state index in [1.54, 1.807) is 12.3 Å². The molecule has 0 saturated carbocycles. The first-order chi connectivity index (χ1) is 12.7. The van der Waals surface area contributed by atoms with Gasteiger partial charge in [0.2, 0.25) is 0 Å². The molecule has 26 heavy (non-hydrogen) atoms. The first kappa shape index (κ1) is 19.5. The van der Waals surface area contributed by atoms with E-state index in [0.29, 0.717) is 24.9 Å². The summed E-state index contributed by atoms with van der Waals surface area (Å²) >= 11 is 5.06. The monoisotopic (exact) mass is 369 g/mol. The van der Waals surface area contributed by atoms with Crippen LogP contribution in [-0.2, 0) is 0 Å². The van der Waals surface area contributed by atoms with Crippen molar-refractivity contribution >= 4 is 23.5 Å². The molecule has 0 amide bonds. The summed E-state index contributed by atoms with van der Waals surface area (Å²) in [5.74, 6) is 1.60. The van der Waals surface area contributed by atoms with Crippen molar-refractivity contribution < 1.29 is 9.47 Å². The number of hydrazone groups is 1. The van der Waals surface area contributed by atoms with Crippen LogP contribution in [0.2, 0.25) is 0 Å². The molecular weight excluding hydrogens is 346 g/mol. The van der Waals surface area contributed by atoms with E-state index in [1.807, 2.05) is 55.5 Å². The number of thiocarbonyl (C=S) groups is 1. The molecule has 0 aromatic heterocycles. The minimum absolute atomic E-state index is 0.446. The highest BCUT2D eigenvalue weighted by Crippen LogP contribution is 2.13. The lowest BCUT2D eigenvalue weighted by molar-refractivity contribution is 0.217. The van der Waals surface area contributed by atoms with Crippen LogP contribution in [-0.4, -0.2) is 31.1 Å².